The fraction of sp³-hybridized carbons (Fsp3) is 0.455. The molecular weight excluding hydrogens is 327 g/mol. The highest BCUT2D eigenvalue weighted by Gasteiger charge is 2.26. The maximum atomic E-state index is 13.2. The molecule has 0 bridgehead atoms. The highest BCUT2D eigenvalue weighted by molar-refractivity contribution is 5.76. The Morgan fingerprint density at radius 2 is 1.96 bits per heavy atom. The van der Waals surface area contributed by atoms with Crippen molar-refractivity contribution in [3.05, 3.63) is 53.6 Å². The zero-order valence-corrected chi connectivity index (χ0v) is 15.8. The van der Waals surface area contributed by atoms with E-state index in [-0.39, 0.29) is 17.6 Å². The first-order valence-electron chi connectivity index (χ1n) is 9.44. The molecule has 3 nitrogen and oxygen atoms in total. The Labute approximate surface area is 155 Å². The molecule has 0 saturated carbocycles. The van der Waals surface area contributed by atoms with E-state index in [0.717, 1.165) is 48.4 Å². The van der Waals surface area contributed by atoms with Gasteiger partial charge in [-0.15, -0.1) is 0 Å². The number of hydrogen-bond acceptors (Lipinski definition) is 2. The van der Waals surface area contributed by atoms with Crippen molar-refractivity contribution < 1.29 is 9.18 Å². The van der Waals surface area contributed by atoms with Crippen molar-refractivity contribution in [2.24, 2.45) is 5.92 Å². The van der Waals surface area contributed by atoms with E-state index in [9.17, 15) is 9.18 Å². The summed E-state index contributed by atoms with van der Waals surface area (Å²) >= 11 is 0. The van der Waals surface area contributed by atoms with Crippen molar-refractivity contribution >= 4 is 5.91 Å². The van der Waals surface area contributed by atoms with Crippen molar-refractivity contribution in [3.8, 4) is 11.1 Å². The topological polar surface area (TPSA) is 33.2 Å². The molecule has 1 amide bonds. The number of likely N-dealkylation sites (tertiary alicyclic amines) is 1. The molecule has 1 aliphatic heterocycles. The average Bonchev–Trinajstić information content (AvgIpc) is 2.61. The molecule has 1 saturated heterocycles. The molecule has 1 fully saturated rings. The molecule has 1 aromatic carbocycles. The van der Waals surface area contributed by atoms with Gasteiger partial charge in [0.15, 0.2) is 0 Å². The zero-order chi connectivity index (χ0) is 18.7. The number of aromatic nitrogens is 1. The minimum absolute atomic E-state index is 0.230. The Bertz CT molecular complexity index is 770. The number of aryl methyl sites for hydroxylation is 1. The monoisotopic (exact) mass is 354 g/mol. The van der Waals surface area contributed by atoms with Gasteiger partial charge in [-0.05, 0) is 61.1 Å². The van der Waals surface area contributed by atoms with E-state index in [0.29, 0.717) is 12.3 Å². The van der Waals surface area contributed by atoms with Crippen LogP contribution in [-0.4, -0.2) is 28.9 Å². The van der Waals surface area contributed by atoms with Gasteiger partial charge in [-0.2, -0.15) is 0 Å². The molecule has 1 aromatic heterocycles. The summed E-state index contributed by atoms with van der Waals surface area (Å²) in [4.78, 5) is 19.2. The molecule has 0 unspecified atom stereocenters. The summed E-state index contributed by atoms with van der Waals surface area (Å²) in [6.45, 7) is 7.73. The summed E-state index contributed by atoms with van der Waals surface area (Å²) < 4.78 is 13.2. The number of amides is 1. The maximum absolute atomic E-state index is 13.2. The maximum Gasteiger partial charge on any atom is 0.222 e. The SMILES string of the molecule is Cc1cc(-c2ccc(F)cc2)cc([C@H]2CCCN(C(=O)CC(C)C)C2)n1. The zero-order valence-electron chi connectivity index (χ0n) is 15.8. The van der Waals surface area contributed by atoms with Gasteiger partial charge in [0, 0.05) is 36.8 Å². The van der Waals surface area contributed by atoms with E-state index in [1.807, 2.05) is 17.9 Å². The first-order valence-corrected chi connectivity index (χ1v) is 9.44. The molecule has 0 spiro atoms. The third-order valence-electron chi connectivity index (χ3n) is 4.93. The number of carbonyl (C=O) groups is 1. The first kappa shape index (κ1) is 18.6. The van der Waals surface area contributed by atoms with Crippen molar-refractivity contribution in [1.29, 1.82) is 0 Å². The van der Waals surface area contributed by atoms with Gasteiger partial charge >= 0.3 is 0 Å². The first-order chi connectivity index (χ1) is 12.4. The third-order valence-corrected chi connectivity index (χ3v) is 4.93. The number of nitrogens with zero attached hydrogens (tertiary/aromatic N) is 2. The third kappa shape index (κ3) is 4.48. The Morgan fingerprint density at radius 1 is 1.23 bits per heavy atom. The quantitative estimate of drug-likeness (QED) is 0.778. The fourth-order valence-corrected chi connectivity index (χ4v) is 3.64. The number of benzene rings is 1. The number of piperidine rings is 1. The summed E-state index contributed by atoms with van der Waals surface area (Å²) in [6, 6.07) is 10.7. The number of hydrogen-bond donors (Lipinski definition) is 0. The summed E-state index contributed by atoms with van der Waals surface area (Å²) in [5.41, 5.74) is 4.03. The molecule has 2 heterocycles. The van der Waals surface area contributed by atoms with E-state index < -0.39 is 0 Å². The molecule has 0 N–H and O–H groups in total. The van der Waals surface area contributed by atoms with Crippen molar-refractivity contribution in [1.82, 2.24) is 9.88 Å². The van der Waals surface area contributed by atoms with E-state index in [4.69, 9.17) is 4.98 Å². The number of pyridine rings is 1. The highest BCUT2D eigenvalue weighted by Crippen LogP contribution is 2.30. The van der Waals surface area contributed by atoms with Crippen LogP contribution in [0.25, 0.3) is 11.1 Å². The fourth-order valence-electron chi connectivity index (χ4n) is 3.64. The Kier molecular flexibility index (Phi) is 5.70. The second kappa shape index (κ2) is 7.98. The van der Waals surface area contributed by atoms with Crippen molar-refractivity contribution in [3.63, 3.8) is 0 Å². The molecule has 4 heteroatoms. The molecular formula is C22H27FN2O. The lowest BCUT2D eigenvalue weighted by Crippen LogP contribution is -2.39. The highest BCUT2D eigenvalue weighted by atomic mass is 19.1. The summed E-state index contributed by atoms with van der Waals surface area (Å²) in [7, 11) is 0. The predicted molar refractivity (Wildman–Crippen MR) is 102 cm³/mol. The van der Waals surface area contributed by atoms with Gasteiger partial charge in [0.2, 0.25) is 5.91 Å². The average molecular weight is 354 g/mol. The minimum Gasteiger partial charge on any atom is -0.342 e. The molecule has 138 valence electrons. The molecule has 0 aliphatic carbocycles. The summed E-state index contributed by atoms with van der Waals surface area (Å²) in [5, 5.41) is 0. The molecule has 3 rings (SSSR count). The Balaban J connectivity index is 1.82. The van der Waals surface area contributed by atoms with Crippen LogP contribution < -0.4 is 0 Å². The summed E-state index contributed by atoms with van der Waals surface area (Å²) in [6.07, 6.45) is 2.66. The molecule has 1 aliphatic rings. The van der Waals surface area contributed by atoms with Crippen molar-refractivity contribution in [2.45, 2.75) is 46.0 Å². The van der Waals surface area contributed by atoms with Gasteiger partial charge in [0.25, 0.3) is 0 Å². The van der Waals surface area contributed by atoms with Crippen molar-refractivity contribution in [2.75, 3.05) is 13.1 Å². The normalized spacial score (nSPS) is 17.6. The van der Waals surface area contributed by atoms with Crippen LogP contribution in [0.5, 0.6) is 0 Å². The molecule has 0 radical (unpaired) electrons. The summed E-state index contributed by atoms with van der Waals surface area (Å²) in [5.74, 6) is 0.659. The number of halogens is 1. The second-order valence-corrected chi connectivity index (χ2v) is 7.71. The van der Waals surface area contributed by atoms with Crippen LogP contribution in [-0.2, 0) is 4.79 Å². The second-order valence-electron chi connectivity index (χ2n) is 7.71. The van der Waals surface area contributed by atoms with Gasteiger partial charge in [-0.3, -0.25) is 9.78 Å². The van der Waals surface area contributed by atoms with E-state index in [2.05, 4.69) is 19.9 Å². The van der Waals surface area contributed by atoms with Gasteiger partial charge in [-0.25, -0.2) is 4.39 Å². The van der Waals surface area contributed by atoms with Gasteiger partial charge in [-0.1, -0.05) is 26.0 Å². The Morgan fingerprint density at radius 3 is 2.65 bits per heavy atom. The molecule has 1 atom stereocenters. The predicted octanol–water partition coefficient (Wildman–Crippen LogP) is 4.95. The van der Waals surface area contributed by atoms with E-state index in [1.54, 1.807) is 12.1 Å². The lowest BCUT2D eigenvalue weighted by Gasteiger charge is -2.33. The van der Waals surface area contributed by atoms with Crippen LogP contribution in [0, 0.1) is 18.7 Å². The number of rotatable bonds is 4. The van der Waals surface area contributed by atoms with Gasteiger partial charge in [0.05, 0.1) is 0 Å². The van der Waals surface area contributed by atoms with Gasteiger partial charge in [0.1, 0.15) is 5.82 Å². The molecule has 2 aromatic rings. The van der Waals surface area contributed by atoms with Crippen LogP contribution in [0.4, 0.5) is 4.39 Å². The van der Waals surface area contributed by atoms with E-state index >= 15 is 0 Å². The van der Waals surface area contributed by atoms with E-state index in [1.165, 1.54) is 12.1 Å². The lowest BCUT2D eigenvalue weighted by atomic mass is 9.91. The van der Waals surface area contributed by atoms with Crippen LogP contribution in [0.1, 0.15) is 50.4 Å². The van der Waals surface area contributed by atoms with Crippen LogP contribution in [0.3, 0.4) is 0 Å². The van der Waals surface area contributed by atoms with Crippen LogP contribution in [0.2, 0.25) is 0 Å². The van der Waals surface area contributed by atoms with Crippen LogP contribution in [0.15, 0.2) is 36.4 Å². The number of carbonyl (C=O) groups excluding carboxylic acids is 1. The standard InChI is InChI=1S/C22H27FN2O/c1-15(2)11-22(26)25-10-4-5-18(14-25)21-13-19(12-16(3)24-21)17-6-8-20(23)9-7-17/h6-9,12-13,15,18H,4-5,10-11,14H2,1-3H3/t18-/m0/s1. The van der Waals surface area contributed by atoms with Crippen LogP contribution >= 0.6 is 0 Å². The lowest BCUT2D eigenvalue weighted by molar-refractivity contribution is -0.133. The molecule has 26 heavy (non-hydrogen) atoms. The largest absolute Gasteiger partial charge is 0.342 e. The smallest absolute Gasteiger partial charge is 0.222 e. The minimum atomic E-state index is -0.230. The Hall–Kier alpha value is -2.23. The van der Waals surface area contributed by atoms with Gasteiger partial charge < -0.3 is 4.90 Å².